The van der Waals surface area contributed by atoms with Crippen LogP contribution in [0.5, 0.6) is 11.8 Å². The minimum atomic E-state index is -0.662. The number of aryl methyl sites for hydroxylation is 1. The molecule has 6 rings (SSSR count). The van der Waals surface area contributed by atoms with Crippen LogP contribution < -0.4 is 31.1 Å². The number of aromatic nitrogens is 3. The number of hydrogen-bond donors (Lipinski definition) is 5. The third kappa shape index (κ3) is 4.12. The lowest BCUT2D eigenvalue weighted by atomic mass is 10.2. The van der Waals surface area contributed by atoms with Crippen molar-refractivity contribution < 1.29 is 13.5 Å². The second kappa shape index (κ2) is 8.41. The summed E-state index contributed by atoms with van der Waals surface area (Å²) >= 11 is 0. The Morgan fingerprint density at radius 2 is 1.94 bits per heavy atom. The number of ether oxygens (including phenoxy) is 1. The van der Waals surface area contributed by atoms with E-state index in [-0.39, 0.29) is 28.8 Å². The first-order chi connectivity index (χ1) is 16.5. The van der Waals surface area contributed by atoms with Crippen molar-refractivity contribution in [1.29, 1.82) is 0 Å². The fourth-order valence-corrected chi connectivity index (χ4v) is 4.39. The Morgan fingerprint density at radius 1 is 1.12 bits per heavy atom. The van der Waals surface area contributed by atoms with E-state index in [4.69, 9.17) is 4.74 Å². The Bertz CT molecular complexity index is 1270. The predicted octanol–water partition coefficient (Wildman–Crippen LogP) is 2.89. The molecule has 0 bridgehead atoms. The maximum absolute atomic E-state index is 15.1. The second-order valence-electron chi connectivity index (χ2n) is 8.93. The molecule has 3 aliphatic rings. The van der Waals surface area contributed by atoms with Crippen LogP contribution in [0, 0.1) is 24.5 Å². The van der Waals surface area contributed by atoms with Crippen molar-refractivity contribution in [2.45, 2.75) is 25.9 Å². The van der Waals surface area contributed by atoms with E-state index in [0.29, 0.717) is 23.2 Å². The predicted molar refractivity (Wildman–Crippen MR) is 125 cm³/mol. The second-order valence-corrected chi connectivity index (χ2v) is 8.93. The van der Waals surface area contributed by atoms with E-state index in [1.54, 1.807) is 13.0 Å². The Morgan fingerprint density at radius 3 is 2.74 bits per heavy atom. The number of piperazine rings is 1. The summed E-state index contributed by atoms with van der Waals surface area (Å²) in [6.45, 7) is 4.93. The van der Waals surface area contributed by atoms with Crippen molar-refractivity contribution in [3.05, 3.63) is 47.3 Å². The maximum atomic E-state index is 15.1. The van der Waals surface area contributed by atoms with Gasteiger partial charge in [0.2, 0.25) is 0 Å². The number of fused-ring (bicyclic) bond motifs is 1. The number of benzene rings is 1. The van der Waals surface area contributed by atoms with E-state index in [9.17, 15) is 4.39 Å². The minimum absolute atomic E-state index is 0.0548. The Balaban J connectivity index is 1.32. The highest BCUT2D eigenvalue weighted by Gasteiger charge is 2.30. The van der Waals surface area contributed by atoms with Crippen LogP contribution >= 0.6 is 0 Å². The van der Waals surface area contributed by atoms with Gasteiger partial charge < -0.3 is 30.7 Å². The molecule has 1 aromatic carbocycles. The highest BCUT2D eigenvalue weighted by Crippen LogP contribution is 2.36. The van der Waals surface area contributed by atoms with Crippen LogP contribution in [0.3, 0.4) is 0 Å². The quantitative estimate of drug-likeness (QED) is 0.377. The summed E-state index contributed by atoms with van der Waals surface area (Å²) in [5.74, 6) is 0.241. The lowest BCUT2D eigenvalue weighted by molar-refractivity contribution is 0.410. The van der Waals surface area contributed by atoms with Crippen molar-refractivity contribution in [3.63, 3.8) is 0 Å². The molecular formula is C23H26F2N8O. The van der Waals surface area contributed by atoms with Gasteiger partial charge in [0.05, 0.1) is 5.52 Å². The molecule has 3 aromatic rings. The van der Waals surface area contributed by atoms with E-state index in [1.165, 1.54) is 18.5 Å². The molecular weight excluding hydrogens is 442 g/mol. The zero-order valence-electron chi connectivity index (χ0n) is 18.7. The van der Waals surface area contributed by atoms with Crippen molar-refractivity contribution in [2.24, 2.45) is 5.92 Å². The number of anilines is 2. The Labute approximate surface area is 194 Å². The summed E-state index contributed by atoms with van der Waals surface area (Å²) in [5, 5.41) is 6.76. The molecule has 0 radical (unpaired) electrons. The van der Waals surface area contributed by atoms with Gasteiger partial charge in [-0.2, -0.15) is 9.97 Å². The van der Waals surface area contributed by atoms with E-state index < -0.39 is 11.6 Å². The molecule has 0 amide bonds. The molecule has 2 fully saturated rings. The van der Waals surface area contributed by atoms with Crippen LogP contribution in [-0.4, -0.2) is 47.3 Å². The molecule has 2 aliphatic heterocycles. The zero-order chi connectivity index (χ0) is 23.2. The number of nitrogens with zero attached hydrogens (tertiary/aromatic N) is 3. The molecule has 0 spiro atoms. The summed E-state index contributed by atoms with van der Waals surface area (Å²) in [4.78, 5) is 13.9. The molecule has 178 valence electrons. The van der Waals surface area contributed by atoms with Gasteiger partial charge in [0, 0.05) is 55.1 Å². The summed E-state index contributed by atoms with van der Waals surface area (Å²) in [6.07, 6.45) is 4.32. The number of H-pyrrole nitrogens is 1. The average molecular weight is 469 g/mol. The van der Waals surface area contributed by atoms with Crippen LogP contribution in [-0.2, 0) is 0 Å². The minimum Gasteiger partial charge on any atom is -0.421 e. The molecule has 4 heterocycles. The van der Waals surface area contributed by atoms with Gasteiger partial charge >= 0.3 is 6.01 Å². The molecule has 5 N–H and O–H groups in total. The van der Waals surface area contributed by atoms with Gasteiger partial charge in [-0.05, 0) is 37.8 Å². The molecule has 2 aromatic heterocycles. The molecule has 1 atom stereocenters. The fraction of sp³-hybridized carbons (Fsp3) is 0.391. The van der Waals surface area contributed by atoms with E-state index >= 15 is 4.39 Å². The number of aromatic amines is 1. The van der Waals surface area contributed by atoms with Crippen LogP contribution in [0.2, 0.25) is 0 Å². The number of hydrogen-bond acceptors (Lipinski definition) is 8. The molecule has 1 saturated heterocycles. The fourth-order valence-electron chi connectivity index (χ4n) is 4.39. The normalized spacial score (nSPS) is 20.4. The number of allylic oxidation sites excluding steroid dienone is 1. The summed E-state index contributed by atoms with van der Waals surface area (Å²) in [6, 6.07) is 4.36. The van der Waals surface area contributed by atoms with Crippen LogP contribution in [0.4, 0.5) is 20.4 Å². The Hall–Kier alpha value is -3.44. The topological polar surface area (TPSA) is 102 Å². The standard InChI is InChI=1S/C23H26F2N8O/c1-12-8-14-21(25)17(9-15(24)22(14)27-12)34-23-29-18(11-20(30-23)33-6-4-26-5-7-33)28-19-10-16(31-32-19)13-2-3-13/h8-11,13,19,26-27,31-32H,2-7H2,1H3,(H,28,29,30). The largest absolute Gasteiger partial charge is 0.421 e. The first kappa shape index (κ1) is 21.1. The van der Waals surface area contributed by atoms with Gasteiger partial charge in [0.1, 0.15) is 17.8 Å². The summed E-state index contributed by atoms with van der Waals surface area (Å²) < 4.78 is 35.5. The smallest absolute Gasteiger partial charge is 0.326 e. The van der Waals surface area contributed by atoms with E-state index in [2.05, 4.69) is 47.4 Å². The van der Waals surface area contributed by atoms with Gasteiger partial charge in [0.15, 0.2) is 17.4 Å². The third-order valence-corrected chi connectivity index (χ3v) is 6.27. The highest BCUT2D eigenvalue weighted by molar-refractivity contribution is 5.83. The van der Waals surface area contributed by atoms with Crippen molar-refractivity contribution in [2.75, 3.05) is 36.4 Å². The van der Waals surface area contributed by atoms with Gasteiger partial charge in [-0.3, -0.25) is 0 Å². The maximum Gasteiger partial charge on any atom is 0.326 e. The SMILES string of the molecule is Cc1cc2c(F)c(Oc3nc(NC4C=C(C5CC5)NN4)cc(N4CCNCC4)n3)cc(F)c2[nH]1. The third-order valence-electron chi connectivity index (χ3n) is 6.27. The first-order valence-corrected chi connectivity index (χ1v) is 11.5. The number of hydrazine groups is 1. The van der Waals surface area contributed by atoms with Crippen LogP contribution in [0.1, 0.15) is 18.5 Å². The molecule has 1 unspecified atom stereocenters. The summed E-state index contributed by atoms with van der Waals surface area (Å²) in [5.41, 5.74) is 8.35. The van der Waals surface area contributed by atoms with Crippen molar-refractivity contribution in [1.82, 2.24) is 31.1 Å². The van der Waals surface area contributed by atoms with E-state index in [1.807, 2.05) is 6.07 Å². The Kier molecular flexibility index (Phi) is 5.22. The van der Waals surface area contributed by atoms with Crippen LogP contribution in [0.15, 0.2) is 30.0 Å². The van der Waals surface area contributed by atoms with Gasteiger partial charge in [-0.1, -0.05) is 0 Å². The van der Waals surface area contributed by atoms with Gasteiger partial charge in [-0.25, -0.2) is 14.2 Å². The molecule has 1 saturated carbocycles. The molecule has 11 heteroatoms. The lowest BCUT2D eigenvalue weighted by Gasteiger charge is -2.29. The lowest BCUT2D eigenvalue weighted by Crippen LogP contribution is -2.44. The van der Waals surface area contributed by atoms with Gasteiger partial charge in [0.25, 0.3) is 0 Å². The van der Waals surface area contributed by atoms with E-state index in [0.717, 1.165) is 32.2 Å². The van der Waals surface area contributed by atoms with Crippen LogP contribution in [0.25, 0.3) is 10.9 Å². The van der Waals surface area contributed by atoms with Gasteiger partial charge in [-0.15, -0.1) is 0 Å². The van der Waals surface area contributed by atoms with Crippen molar-refractivity contribution in [3.8, 4) is 11.8 Å². The monoisotopic (exact) mass is 468 g/mol. The average Bonchev–Trinajstić information content (AvgIpc) is 3.45. The van der Waals surface area contributed by atoms with Crippen molar-refractivity contribution >= 4 is 22.5 Å². The molecule has 34 heavy (non-hydrogen) atoms. The number of halogens is 2. The molecule has 9 nitrogen and oxygen atoms in total. The number of rotatable bonds is 6. The summed E-state index contributed by atoms with van der Waals surface area (Å²) in [7, 11) is 0. The molecule has 1 aliphatic carbocycles. The zero-order valence-corrected chi connectivity index (χ0v) is 18.7. The highest BCUT2D eigenvalue weighted by atomic mass is 19.1. The first-order valence-electron chi connectivity index (χ1n) is 11.5. The number of nitrogens with one attached hydrogen (secondary N) is 5.